The number of fused-ring (bicyclic) bond motifs is 5. The molecule has 0 bridgehead atoms. The Bertz CT molecular complexity index is 3010. The molecule has 0 aromatic heterocycles. The van der Waals surface area contributed by atoms with E-state index in [4.69, 9.17) is 4.74 Å². The van der Waals surface area contributed by atoms with Crippen LogP contribution in [0.3, 0.4) is 0 Å². The van der Waals surface area contributed by atoms with E-state index >= 15 is 0 Å². The minimum atomic E-state index is -0.274. The molecule has 0 N–H and O–H groups in total. The van der Waals surface area contributed by atoms with Gasteiger partial charge in [0.25, 0.3) is 0 Å². The molecule has 3 heteroatoms. The van der Waals surface area contributed by atoms with Crippen LogP contribution in [0, 0.1) is 0 Å². The standard InChI is InChI=1S/C55H40N2O/c1-55(2)46-22-13-26-52-53(46)57(49-34-31-43(36-47(49)55)42-28-27-38-17-9-10-20-41(38)35-42)51-25-14-24-50(54(51)58-52)56(44-32-29-39(30-33-44)37-15-5-3-6-16-37)48-23-12-11-21-45(48)40-18-7-4-8-19-40/h3-36H,1-2H3. The largest absolute Gasteiger partial charge is 0.451 e. The predicted octanol–water partition coefficient (Wildman–Crippen LogP) is 15.5. The first-order valence-electron chi connectivity index (χ1n) is 20.0. The third kappa shape index (κ3) is 5.43. The van der Waals surface area contributed by atoms with E-state index in [0.29, 0.717) is 0 Å². The molecular formula is C55H40N2O. The van der Waals surface area contributed by atoms with Crippen molar-refractivity contribution in [3.05, 3.63) is 217 Å². The molecule has 11 rings (SSSR count). The number of nitrogens with zero attached hydrogens (tertiary/aromatic N) is 2. The Balaban J connectivity index is 1.11. The van der Waals surface area contributed by atoms with Gasteiger partial charge in [-0.25, -0.2) is 0 Å². The molecule has 0 atom stereocenters. The topological polar surface area (TPSA) is 15.7 Å². The highest BCUT2D eigenvalue weighted by Gasteiger charge is 2.42. The summed E-state index contributed by atoms with van der Waals surface area (Å²) in [6, 6.07) is 74.2. The Labute approximate surface area is 339 Å². The van der Waals surface area contributed by atoms with Gasteiger partial charge in [-0.15, -0.1) is 0 Å². The molecule has 9 aromatic rings. The van der Waals surface area contributed by atoms with E-state index in [1.165, 1.54) is 49.8 Å². The van der Waals surface area contributed by atoms with Gasteiger partial charge in [0.05, 0.1) is 28.4 Å². The van der Waals surface area contributed by atoms with Crippen LogP contribution in [0.4, 0.5) is 34.1 Å². The number of hydrogen-bond donors (Lipinski definition) is 0. The summed E-state index contributed by atoms with van der Waals surface area (Å²) >= 11 is 0. The number of benzene rings is 9. The molecule has 0 saturated heterocycles. The summed E-state index contributed by atoms with van der Waals surface area (Å²) in [5.74, 6) is 1.66. The van der Waals surface area contributed by atoms with Crippen molar-refractivity contribution in [1.82, 2.24) is 0 Å². The molecule has 0 spiro atoms. The van der Waals surface area contributed by atoms with Gasteiger partial charge >= 0.3 is 0 Å². The van der Waals surface area contributed by atoms with Crippen molar-refractivity contribution in [3.8, 4) is 44.9 Å². The second-order valence-corrected chi connectivity index (χ2v) is 15.8. The summed E-state index contributed by atoms with van der Waals surface area (Å²) in [6.07, 6.45) is 0. The molecule has 0 radical (unpaired) electrons. The van der Waals surface area contributed by atoms with Crippen LogP contribution in [-0.2, 0) is 5.41 Å². The zero-order valence-corrected chi connectivity index (χ0v) is 32.4. The van der Waals surface area contributed by atoms with E-state index in [9.17, 15) is 0 Å². The number of para-hydroxylation sites is 3. The second-order valence-electron chi connectivity index (χ2n) is 15.8. The molecule has 0 fully saturated rings. The summed E-state index contributed by atoms with van der Waals surface area (Å²) in [6.45, 7) is 4.69. The van der Waals surface area contributed by atoms with E-state index in [0.717, 1.165) is 51.1 Å². The van der Waals surface area contributed by atoms with Gasteiger partial charge in [-0.1, -0.05) is 166 Å². The van der Waals surface area contributed by atoms with Crippen molar-refractivity contribution >= 4 is 44.9 Å². The zero-order chi connectivity index (χ0) is 38.8. The maximum absolute atomic E-state index is 7.18. The molecule has 0 amide bonds. The van der Waals surface area contributed by atoms with Crippen LogP contribution < -0.4 is 14.5 Å². The minimum absolute atomic E-state index is 0.274. The van der Waals surface area contributed by atoms with Crippen molar-refractivity contribution in [3.63, 3.8) is 0 Å². The normalized spacial score (nSPS) is 13.2. The molecule has 3 nitrogen and oxygen atoms in total. The molecule has 0 aliphatic carbocycles. The van der Waals surface area contributed by atoms with Gasteiger partial charge in [0.15, 0.2) is 11.5 Å². The average Bonchev–Trinajstić information content (AvgIpc) is 3.28. The van der Waals surface area contributed by atoms with E-state index in [1.807, 2.05) is 0 Å². The lowest BCUT2D eigenvalue weighted by Crippen LogP contribution is -2.32. The number of hydrogen-bond acceptors (Lipinski definition) is 3. The highest BCUT2D eigenvalue weighted by Crippen LogP contribution is 2.62. The van der Waals surface area contributed by atoms with Crippen LogP contribution in [-0.4, -0.2) is 0 Å². The van der Waals surface area contributed by atoms with Crippen LogP contribution in [0.15, 0.2) is 206 Å². The summed E-state index contributed by atoms with van der Waals surface area (Å²) in [5.41, 5.74) is 15.7. The Hall–Kier alpha value is -7.36. The Kier molecular flexibility index (Phi) is 7.84. The molecule has 0 saturated carbocycles. The van der Waals surface area contributed by atoms with Gasteiger partial charge in [0, 0.05) is 16.7 Å². The quantitative estimate of drug-likeness (QED) is 0.169. The Morgan fingerprint density at radius 1 is 0.431 bits per heavy atom. The van der Waals surface area contributed by atoms with Crippen LogP contribution in [0.2, 0.25) is 0 Å². The lowest BCUT2D eigenvalue weighted by Gasteiger charge is -2.45. The van der Waals surface area contributed by atoms with Gasteiger partial charge in [-0.05, 0) is 104 Å². The first-order chi connectivity index (χ1) is 28.5. The van der Waals surface area contributed by atoms with Gasteiger partial charge < -0.3 is 14.5 Å². The third-order valence-corrected chi connectivity index (χ3v) is 12.0. The van der Waals surface area contributed by atoms with Crippen molar-refractivity contribution < 1.29 is 4.74 Å². The van der Waals surface area contributed by atoms with E-state index < -0.39 is 0 Å². The van der Waals surface area contributed by atoms with E-state index in [-0.39, 0.29) is 5.41 Å². The van der Waals surface area contributed by atoms with Crippen LogP contribution in [0.25, 0.3) is 44.2 Å². The highest BCUT2D eigenvalue weighted by molar-refractivity contribution is 5.99. The van der Waals surface area contributed by atoms with Gasteiger partial charge in [-0.3, -0.25) is 0 Å². The van der Waals surface area contributed by atoms with Crippen molar-refractivity contribution in [2.75, 3.05) is 9.80 Å². The molecule has 9 aromatic carbocycles. The van der Waals surface area contributed by atoms with Crippen LogP contribution in [0.1, 0.15) is 25.0 Å². The first kappa shape index (κ1) is 33.9. The molecule has 58 heavy (non-hydrogen) atoms. The van der Waals surface area contributed by atoms with Crippen molar-refractivity contribution in [2.24, 2.45) is 0 Å². The number of anilines is 6. The third-order valence-electron chi connectivity index (χ3n) is 12.0. The lowest BCUT2D eigenvalue weighted by atomic mass is 9.72. The van der Waals surface area contributed by atoms with Gasteiger partial charge in [0.1, 0.15) is 0 Å². The van der Waals surface area contributed by atoms with Gasteiger partial charge in [0.2, 0.25) is 0 Å². The minimum Gasteiger partial charge on any atom is -0.451 e. The Morgan fingerprint density at radius 3 is 1.86 bits per heavy atom. The summed E-state index contributed by atoms with van der Waals surface area (Å²) < 4.78 is 7.18. The molecular weight excluding hydrogens is 705 g/mol. The monoisotopic (exact) mass is 744 g/mol. The molecule has 2 aliphatic rings. The first-order valence-corrected chi connectivity index (χ1v) is 20.0. The van der Waals surface area contributed by atoms with Crippen LogP contribution in [0.5, 0.6) is 11.5 Å². The van der Waals surface area contributed by atoms with Crippen molar-refractivity contribution in [1.29, 1.82) is 0 Å². The zero-order valence-electron chi connectivity index (χ0n) is 32.4. The predicted molar refractivity (Wildman–Crippen MR) is 242 cm³/mol. The number of ether oxygens (including phenoxy) is 1. The van der Waals surface area contributed by atoms with Gasteiger partial charge in [-0.2, -0.15) is 0 Å². The highest BCUT2D eigenvalue weighted by atomic mass is 16.5. The number of rotatable bonds is 6. The smallest absolute Gasteiger partial charge is 0.175 e. The van der Waals surface area contributed by atoms with Crippen molar-refractivity contribution in [2.45, 2.75) is 19.3 Å². The second kappa shape index (κ2) is 13.4. The fourth-order valence-corrected chi connectivity index (χ4v) is 9.09. The lowest BCUT2D eigenvalue weighted by molar-refractivity contribution is 0.472. The van der Waals surface area contributed by atoms with Crippen LogP contribution >= 0.6 is 0 Å². The summed E-state index contributed by atoms with van der Waals surface area (Å²) in [7, 11) is 0. The van der Waals surface area contributed by atoms with E-state index in [2.05, 4.69) is 230 Å². The molecule has 276 valence electrons. The maximum Gasteiger partial charge on any atom is 0.175 e. The summed E-state index contributed by atoms with van der Waals surface area (Å²) in [5, 5.41) is 2.49. The molecule has 0 unspecified atom stereocenters. The SMILES string of the molecule is CC1(C)c2cc(-c3ccc4ccccc4c3)ccc2N2c3cccc(N(c4ccc(-c5ccccc5)cc4)c4ccccc4-c4ccccc4)c3Oc3cccc1c32. The fraction of sp³-hybridized carbons (Fsp3) is 0.0545. The molecule has 2 heterocycles. The fourth-order valence-electron chi connectivity index (χ4n) is 9.09. The average molecular weight is 745 g/mol. The molecule has 2 aliphatic heterocycles. The summed E-state index contributed by atoms with van der Waals surface area (Å²) in [4.78, 5) is 4.81. The Morgan fingerprint density at radius 2 is 1.05 bits per heavy atom. The maximum atomic E-state index is 7.18. The van der Waals surface area contributed by atoms with E-state index in [1.54, 1.807) is 0 Å².